The molecule has 0 saturated carbocycles. The first-order valence-electron chi connectivity index (χ1n) is 9.77. The standard InChI is InChI=1S/C23H26N2O4S/c1-14(2)18-6-8-19(9-7-18)22-17(5)23(27)25(30(22,28)29)13-21(26)24-20-11-15(3)10-16(4)12-20/h6-12,14H,13H2,1-5H3,(H,24,26). The lowest BCUT2D eigenvalue weighted by Crippen LogP contribution is -2.38. The van der Waals surface area contributed by atoms with Gasteiger partial charge >= 0.3 is 0 Å². The molecule has 0 spiro atoms. The Labute approximate surface area is 177 Å². The van der Waals surface area contributed by atoms with Crippen LogP contribution in [0.1, 0.15) is 48.9 Å². The summed E-state index contributed by atoms with van der Waals surface area (Å²) < 4.78 is 26.8. The van der Waals surface area contributed by atoms with Gasteiger partial charge < -0.3 is 5.32 Å². The molecule has 2 amide bonds. The topological polar surface area (TPSA) is 83.6 Å². The highest BCUT2D eigenvalue weighted by Gasteiger charge is 2.43. The van der Waals surface area contributed by atoms with E-state index >= 15 is 0 Å². The number of amides is 2. The molecule has 30 heavy (non-hydrogen) atoms. The lowest BCUT2D eigenvalue weighted by atomic mass is 10.0. The number of nitrogens with one attached hydrogen (secondary N) is 1. The van der Waals surface area contributed by atoms with Crippen molar-refractivity contribution in [2.75, 3.05) is 11.9 Å². The van der Waals surface area contributed by atoms with Crippen molar-refractivity contribution >= 4 is 32.4 Å². The smallest absolute Gasteiger partial charge is 0.268 e. The number of benzene rings is 2. The fraction of sp³-hybridized carbons (Fsp3) is 0.304. The van der Waals surface area contributed by atoms with Gasteiger partial charge in [0.05, 0.1) is 0 Å². The highest BCUT2D eigenvalue weighted by Crippen LogP contribution is 2.35. The van der Waals surface area contributed by atoms with Gasteiger partial charge in [-0.15, -0.1) is 0 Å². The maximum atomic E-state index is 13.1. The Balaban J connectivity index is 1.84. The largest absolute Gasteiger partial charge is 0.324 e. The van der Waals surface area contributed by atoms with Crippen LogP contribution in [0.4, 0.5) is 5.69 Å². The zero-order valence-electron chi connectivity index (χ0n) is 17.8. The van der Waals surface area contributed by atoms with E-state index in [9.17, 15) is 18.0 Å². The predicted octanol–water partition coefficient (Wildman–Crippen LogP) is 3.97. The molecule has 1 heterocycles. The minimum Gasteiger partial charge on any atom is -0.324 e. The third kappa shape index (κ3) is 4.16. The van der Waals surface area contributed by atoms with Crippen LogP contribution in [0.2, 0.25) is 0 Å². The van der Waals surface area contributed by atoms with Crippen molar-refractivity contribution < 1.29 is 18.0 Å². The first-order chi connectivity index (χ1) is 14.0. The first kappa shape index (κ1) is 21.8. The molecule has 0 unspecified atom stereocenters. The normalized spacial score (nSPS) is 15.8. The number of nitrogens with zero attached hydrogens (tertiary/aromatic N) is 1. The second kappa shape index (κ2) is 8.07. The van der Waals surface area contributed by atoms with Crippen LogP contribution in [-0.2, 0) is 19.6 Å². The van der Waals surface area contributed by atoms with Crippen LogP contribution in [0, 0.1) is 13.8 Å². The predicted molar refractivity (Wildman–Crippen MR) is 118 cm³/mol. The van der Waals surface area contributed by atoms with Gasteiger partial charge in [-0.05, 0) is 61.1 Å². The van der Waals surface area contributed by atoms with Crippen molar-refractivity contribution in [2.45, 2.75) is 40.5 Å². The average molecular weight is 427 g/mol. The summed E-state index contributed by atoms with van der Waals surface area (Å²) in [6.07, 6.45) is 0. The maximum absolute atomic E-state index is 13.1. The van der Waals surface area contributed by atoms with Crippen LogP contribution < -0.4 is 5.32 Å². The van der Waals surface area contributed by atoms with Crippen molar-refractivity contribution in [3.63, 3.8) is 0 Å². The number of rotatable bonds is 5. The first-order valence-corrected chi connectivity index (χ1v) is 11.2. The Morgan fingerprint density at radius 3 is 2.10 bits per heavy atom. The monoisotopic (exact) mass is 426 g/mol. The van der Waals surface area contributed by atoms with Gasteiger partial charge in [-0.25, -0.2) is 12.7 Å². The number of hydrogen-bond donors (Lipinski definition) is 1. The van der Waals surface area contributed by atoms with Crippen molar-refractivity contribution in [1.82, 2.24) is 4.31 Å². The van der Waals surface area contributed by atoms with Crippen molar-refractivity contribution in [3.8, 4) is 0 Å². The van der Waals surface area contributed by atoms with Crippen LogP contribution in [0.25, 0.3) is 4.91 Å². The molecule has 2 aromatic carbocycles. The van der Waals surface area contributed by atoms with Gasteiger partial charge in [0.15, 0.2) is 0 Å². The quantitative estimate of drug-likeness (QED) is 0.784. The van der Waals surface area contributed by atoms with Crippen molar-refractivity contribution in [1.29, 1.82) is 0 Å². The highest BCUT2D eigenvalue weighted by atomic mass is 32.2. The van der Waals surface area contributed by atoms with E-state index in [1.807, 2.05) is 45.9 Å². The molecule has 0 fully saturated rings. The molecule has 3 rings (SSSR count). The molecular weight excluding hydrogens is 400 g/mol. The second-order valence-electron chi connectivity index (χ2n) is 7.97. The molecule has 0 aliphatic carbocycles. The Hall–Kier alpha value is -2.93. The highest BCUT2D eigenvalue weighted by molar-refractivity contribution is 7.99. The number of carbonyl (C=O) groups excluding carboxylic acids is 2. The molecule has 1 N–H and O–H groups in total. The van der Waals surface area contributed by atoms with Crippen molar-refractivity contribution in [3.05, 3.63) is 70.3 Å². The number of carbonyl (C=O) groups is 2. The average Bonchev–Trinajstić information content (AvgIpc) is 2.80. The lowest BCUT2D eigenvalue weighted by molar-refractivity contribution is -0.126. The molecule has 0 bridgehead atoms. The van der Waals surface area contributed by atoms with Gasteiger partial charge in [0.1, 0.15) is 11.4 Å². The summed E-state index contributed by atoms with van der Waals surface area (Å²) in [4.78, 5) is 25.2. The lowest BCUT2D eigenvalue weighted by Gasteiger charge is -2.17. The molecule has 2 aromatic rings. The maximum Gasteiger partial charge on any atom is 0.268 e. The van der Waals surface area contributed by atoms with Crippen LogP contribution in [-0.4, -0.2) is 31.1 Å². The molecule has 1 aliphatic heterocycles. The molecule has 0 saturated heterocycles. The molecule has 0 atom stereocenters. The molecular formula is C23H26N2O4S. The number of sulfonamides is 1. The number of anilines is 1. The zero-order valence-corrected chi connectivity index (χ0v) is 18.6. The fourth-order valence-electron chi connectivity index (χ4n) is 3.62. The second-order valence-corrected chi connectivity index (χ2v) is 9.77. The Morgan fingerprint density at radius 1 is 1.00 bits per heavy atom. The molecule has 0 aromatic heterocycles. The minimum absolute atomic E-state index is 0.0398. The van der Waals surface area contributed by atoms with E-state index in [1.165, 1.54) is 6.92 Å². The fourth-order valence-corrected chi connectivity index (χ4v) is 5.39. The van der Waals surface area contributed by atoms with Crippen molar-refractivity contribution in [2.24, 2.45) is 0 Å². The van der Waals surface area contributed by atoms with E-state index in [2.05, 4.69) is 5.32 Å². The molecule has 6 nitrogen and oxygen atoms in total. The van der Waals surface area contributed by atoms with E-state index in [0.29, 0.717) is 21.5 Å². The van der Waals surface area contributed by atoms with Gasteiger partial charge in [0.25, 0.3) is 15.9 Å². The molecule has 0 radical (unpaired) electrons. The van der Waals surface area contributed by atoms with Crippen LogP contribution in [0.5, 0.6) is 0 Å². The number of aryl methyl sites for hydroxylation is 2. The molecule has 158 valence electrons. The Bertz CT molecular complexity index is 1130. The van der Waals surface area contributed by atoms with Gasteiger partial charge in [0, 0.05) is 11.3 Å². The minimum atomic E-state index is -4.11. The van der Waals surface area contributed by atoms with Gasteiger partial charge in [0.2, 0.25) is 5.91 Å². The Morgan fingerprint density at radius 2 is 1.57 bits per heavy atom. The Kier molecular flexibility index (Phi) is 5.85. The van der Waals surface area contributed by atoms with Gasteiger partial charge in [-0.3, -0.25) is 9.59 Å². The van der Waals surface area contributed by atoms with Crippen LogP contribution >= 0.6 is 0 Å². The van der Waals surface area contributed by atoms with Crippen LogP contribution in [0.3, 0.4) is 0 Å². The third-order valence-corrected chi connectivity index (χ3v) is 7.00. The summed E-state index contributed by atoms with van der Waals surface area (Å²) in [5.41, 5.74) is 4.15. The van der Waals surface area contributed by atoms with E-state index < -0.39 is 28.4 Å². The summed E-state index contributed by atoms with van der Waals surface area (Å²) in [7, 11) is -4.11. The summed E-state index contributed by atoms with van der Waals surface area (Å²) in [6.45, 7) is 8.81. The number of hydrogen-bond acceptors (Lipinski definition) is 4. The van der Waals surface area contributed by atoms with E-state index in [4.69, 9.17) is 0 Å². The summed E-state index contributed by atoms with van der Waals surface area (Å²) in [5, 5.41) is 2.68. The summed E-state index contributed by atoms with van der Waals surface area (Å²) in [5.74, 6) is -0.934. The van der Waals surface area contributed by atoms with Gasteiger partial charge in [-0.1, -0.05) is 44.2 Å². The SMILES string of the molecule is CC1=C(c2ccc(C(C)C)cc2)S(=O)(=O)N(CC(=O)Nc2cc(C)cc(C)c2)C1=O. The van der Waals surface area contributed by atoms with E-state index in [-0.39, 0.29) is 10.5 Å². The third-order valence-electron chi connectivity index (χ3n) is 5.07. The molecule has 1 aliphatic rings. The molecule has 7 heteroatoms. The zero-order chi connectivity index (χ0) is 22.2. The van der Waals surface area contributed by atoms with Crippen LogP contribution in [0.15, 0.2) is 48.0 Å². The van der Waals surface area contributed by atoms with Gasteiger partial charge in [-0.2, -0.15) is 0 Å². The summed E-state index contributed by atoms with van der Waals surface area (Å²) >= 11 is 0. The van der Waals surface area contributed by atoms with E-state index in [0.717, 1.165) is 16.7 Å². The summed E-state index contributed by atoms with van der Waals surface area (Å²) in [6, 6.07) is 12.7. The van der Waals surface area contributed by atoms with E-state index in [1.54, 1.807) is 24.3 Å².